The fourth-order valence-corrected chi connectivity index (χ4v) is 5.17. The molecule has 1 N–H and O–H groups in total. The highest BCUT2D eigenvalue weighted by Gasteiger charge is 2.54. The summed E-state index contributed by atoms with van der Waals surface area (Å²) in [5, 5.41) is 0.473. The first-order valence-electron chi connectivity index (χ1n) is 10.9. The number of aromatic nitrogens is 1. The van der Waals surface area contributed by atoms with Gasteiger partial charge in [-0.1, -0.05) is 23.8 Å². The van der Waals surface area contributed by atoms with Crippen molar-refractivity contribution in [2.75, 3.05) is 13.7 Å². The average Bonchev–Trinajstić information content (AvgIpc) is 3.59. The third-order valence-electron chi connectivity index (χ3n) is 6.06. The molecule has 0 aliphatic heterocycles. The number of nitrogens with zero attached hydrogens (tertiary/aromatic N) is 1. The first-order valence-corrected chi connectivity index (χ1v) is 12.3. The zero-order chi connectivity index (χ0) is 23.8. The highest BCUT2D eigenvalue weighted by Crippen LogP contribution is 2.52. The number of aryl methyl sites for hydroxylation is 2. The summed E-state index contributed by atoms with van der Waals surface area (Å²) in [5.74, 6) is 0.0224. The monoisotopic (exact) mass is 468 g/mol. The Labute approximate surface area is 194 Å². The largest absolute Gasteiger partial charge is 0.491 e. The molecule has 0 radical (unpaired) electrons. The predicted molar refractivity (Wildman–Crippen MR) is 126 cm³/mol. The van der Waals surface area contributed by atoms with Crippen LogP contribution in [0, 0.1) is 13.8 Å². The minimum atomic E-state index is -4.10. The predicted octanol–water partition coefficient (Wildman–Crippen LogP) is 3.80. The van der Waals surface area contributed by atoms with Crippen LogP contribution in [0.3, 0.4) is 0 Å². The number of methoxy groups -OCH3 is 1. The SMILES string of the molecule is COC(C)COc1ccc(C)cc1C1(C(=O)NS(=O)(=O)c2cccc3nc(C)ccc23)CC1. The molecular formula is C25H28N2O5S. The summed E-state index contributed by atoms with van der Waals surface area (Å²) in [6.45, 7) is 5.99. The fraction of sp³-hybridized carbons (Fsp3) is 0.360. The topological polar surface area (TPSA) is 94.6 Å². The molecule has 3 aromatic rings. The molecule has 7 nitrogen and oxygen atoms in total. The number of carbonyl (C=O) groups excluding carboxylic acids is 1. The number of ether oxygens (including phenoxy) is 2. The molecule has 1 amide bonds. The Morgan fingerprint density at radius 3 is 2.61 bits per heavy atom. The van der Waals surface area contributed by atoms with Crippen molar-refractivity contribution in [1.29, 1.82) is 0 Å². The molecule has 4 rings (SSSR count). The smallest absolute Gasteiger partial charge is 0.264 e. The van der Waals surface area contributed by atoms with Crippen LogP contribution in [0.2, 0.25) is 0 Å². The lowest BCUT2D eigenvalue weighted by molar-refractivity contribution is -0.121. The van der Waals surface area contributed by atoms with Gasteiger partial charge in [0.25, 0.3) is 10.0 Å². The highest BCUT2D eigenvalue weighted by molar-refractivity contribution is 7.90. The van der Waals surface area contributed by atoms with Gasteiger partial charge in [-0.05, 0) is 63.9 Å². The molecule has 1 saturated carbocycles. The number of benzene rings is 2. The van der Waals surface area contributed by atoms with Crippen molar-refractivity contribution in [2.45, 2.75) is 50.0 Å². The van der Waals surface area contributed by atoms with Gasteiger partial charge in [-0.25, -0.2) is 13.1 Å². The van der Waals surface area contributed by atoms with Crippen LogP contribution < -0.4 is 9.46 Å². The van der Waals surface area contributed by atoms with Gasteiger partial charge in [-0.15, -0.1) is 0 Å². The zero-order valence-electron chi connectivity index (χ0n) is 19.2. The summed E-state index contributed by atoms with van der Waals surface area (Å²) in [6, 6.07) is 14.0. The highest BCUT2D eigenvalue weighted by atomic mass is 32.2. The minimum absolute atomic E-state index is 0.0336. The van der Waals surface area contributed by atoms with E-state index in [1.54, 1.807) is 31.4 Å². The lowest BCUT2D eigenvalue weighted by Crippen LogP contribution is -2.39. The standard InChI is InChI=1S/C25H28N2O5S/c1-16-8-11-22(32-15-18(3)31-4)20(14-16)25(12-13-25)24(28)27-33(29,30)23-7-5-6-21-19(23)10-9-17(2)26-21/h5-11,14,18H,12-13,15H2,1-4H3,(H,27,28). The van der Waals surface area contributed by atoms with E-state index >= 15 is 0 Å². The molecule has 33 heavy (non-hydrogen) atoms. The summed E-state index contributed by atoms with van der Waals surface area (Å²) >= 11 is 0. The fourth-order valence-electron chi connectivity index (χ4n) is 3.90. The number of hydrogen-bond acceptors (Lipinski definition) is 6. The van der Waals surface area contributed by atoms with Gasteiger partial charge >= 0.3 is 0 Å². The van der Waals surface area contributed by atoms with Crippen LogP contribution in [0.15, 0.2) is 53.4 Å². The molecule has 1 aromatic heterocycles. The second-order valence-electron chi connectivity index (χ2n) is 8.65. The number of amides is 1. The molecule has 0 saturated heterocycles. The number of fused-ring (bicyclic) bond motifs is 1. The van der Waals surface area contributed by atoms with Crippen molar-refractivity contribution >= 4 is 26.8 Å². The molecule has 8 heteroatoms. The molecule has 0 bridgehead atoms. The first-order chi connectivity index (χ1) is 15.7. The molecule has 0 spiro atoms. The molecule has 1 aliphatic carbocycles. The lowest BCUT2D eigenvalue weighted by Gasteiger charge is -2.21. The van der Waals surface area contributed by atoms with E-state index in [4.69, 9.17) is 9.47 Å². The molecule has 174 valence electrons. The molecule has 1 fully saturated rings. The van der Waals surface area contributed by atoms with Crippen LogP contribution in [0.1, 0.15) is 36.6 Å². The zero-order valence-corrected chi connectivity index (χ0v) is 20.0. The van der Waals surface area contributed by atoms with Gasteiger partial charge in [0.15, 0.2) is 0 Å². The van der Waals surface area contributed by atoms with Crippen molar-refractivity contribution < 1.29 is 22.7 Å². The molecule has 1 heterocycles. The van der Waals surface area contributed by atoms with E-state index in [1.165, 1.54) is 6.07 Å². The van der Waals surface area contributed by atoms with Crippen molar-refractivity contribution in [3.63, 3.8) is 0 Å². The summed E-state index contributed by atoms with van der Waals surface area (Å²) in [7, 11) is -2.50. The molecule has 1 aliphatic rings. The van der Waals surface area contributed by atoms with Crippen LogP contribution in [0.5, 0.6) is 5.75 Å². The maximum absolute atomic E-state index is 13.4. The Balaban J connectivity index is 1.65. The van der Waals surface area contributed by atoms with E-state index in [9.17, 15) is 13.2 Å². The quantitative estimate of drug-likeness (QED) is 0.540. The Morgan fingerprint density at radius 1 is 1.15 bits per heavy atom. The van der Waals surface area contributed by atoms with Gasteiger partial charge in [0.2, 0.25) is 5.91 Å². The number of carbonyl (C=O) groups is 1. The third-order valence-corrected chi connectivity index (χ3v) is 7.45. The van der Waals surface area contributed by atoms with Crippen LogP contribution in [0.25, 0.3) is 10.9 Å². The maximum atomic E-state index is 13.4. The van der Waals surface area contributed by atoms with Gasteiger partial charge in [0.05, 0.1) is 21.9 Å². The molecule has 2 aromatic carbocycles. The summed E-state index contributed by atoms with van der Waals surface area (Å²) in [4.78, 5) is 17.8. The van der Waals surface area contributed by atoms with E-state index < -0.39 is 21.3 Å². The first kappa shape index (κ1) is 23.2. The van der Waals surface area contributed by atoms with Gasteiger partial charge in [-0.3, -0.25) is 9.78 Å². The minimum Gasteiger partial charge on any atom is -0.491 e. The van der Waals surface area contributed by atoms with Crippen LogP contribution in [-0.4, -0.2) is 39.1 Å². The number of hydrogen-bond donors (Lipinski definition) is 1. The normalized spacial score (nSPS) is 15.8. The van der Waals surface area contributed by atoms with E-state index in [-0.39, 0.29) is 11.0 Å². The Morgan fingerprint density at radius 2 is 1.91 bits per heavy atom. The number of nitrogens with one attached hydrogen (secondary N) is 1. The van der Waals surface area contributed by atoms with Crippen molar-refractivity contribution in [3.05, 3.63) is 65.4 Å². The summed E-state index contributed by atoms with van der Waals surface area (Å²) in [5.41, 5.74) is 2.08. The summed E-state index contributed by atoms with van der Waals surface area (Å²) < 4.78 is 40.0. The molecule has 1 unspecified atom stereocenters. The van der Waals surface area contributed by atoms with E-state index in [0.717, 1.165) is 11.3 Å². The van der Waals surface area contributed by atoms with E-state index in [2.05, 4.69) is 9.71 Å². The van der Waals surface area contributed by atoms with E-state index in [0.29, 0.717) is 41.7 Å². The Bertz CT molecular complexity index is 1320. The van der Waals surface area contributed by atoms with E-state index in [1.807, 2.05) is 39.0 Å². The number of sulfonamides is 1. The van der Waals surface area contributed by atoms with Crippen molar-refractivity contribution in [3.8, 4) is 5.75 Å². The van der Waals surface area contributed by atoms with Gasteiger partial charge in [0, 0.05) is 23.8 Å². The van der Waals surface area contributed by atoms with Crippen LogP contribution in [-0.2, 0) is 25.0 Å². The number of pyridine rings is 1. The van der Waals surface area contributed by atoms with Gasteiger partial charge in [0.1, 0.15) is 12.4 Å². The van der Waals surface area contributed by atoms with Crippen molar-refractivity contribution in [1.82, 2.24) is 9.71 Å². The Kier molecular flexibility index (Phi) is 6.16. The van der Waals surface area contributed by atoms with Crippen molar-refractivity contribution in [2.24, 2.45) is 0 Å². The van der Waals surface area contributed by atoms with Gasteiger partial charge < -0.3 is 9.47 Å². The van der Waals surface area contributed by atoms with Gasteiger partial charge in [-0.2, -0.15) is 0 Å². The summed E-state index contributed by atoms with van der Waals surface area (Å²) in [6.07, 6.45) is 0.973. The maximum Gasteiger partial charge on any atom is 0.264 e. The number of rotatable bonds is 8. The lowest BCUT2D eigenvalue weighted by atomic mass is 9.93. The average molecular weight is 469 g/mol. The second-order valence-corrected chi connectivity index (χ2v) is 10.3. The second kappa shape index (κ2) is 8.76. The third kappa shape index (κ3) is 4.58. The van der Waals surface area contributed by atoms with Crippen LogP contribution >= 0.6 is 0 Å². The van der Waals surface area contributed by atoms with Crippen LogP contribution in [0.4, 0.5) is 0 Å². The molecule has 1 atom stereocenters. The molecular weight excluding hydrogens is 440 g/mol. The Hall–Kier alpha value is -2.97.